The van der Waals surface area contributed by atoms with Crippen LogP contribution in [0.3, 0.4) is 0 Å². The van der Waals surface area contributed by atoms with E-state index < -0.39 is 5.91 Å². The number of carbonyl (C=O) groups is 1. The minimum atomic E-state index is -0.472. The number of unbranched alkanes of at least 4 members (excludes halogenated alkanes) is 1. The van der Waals surface area contributed by atoms with Gasteiger partial charge < -0.3 is 10.8 Å². The zero-order valence-electron chi connectivity index (χ0n) is 12.0. The number of phenolic OH excluding ortho intramolecular Hbond substituents is 1. The third kappa shape index (κ3) is 2.28. The SMILES string of the molecule is CCCCC1Cc2c(n[nH]c2C(N)=O)-c2ccc(O)cc21. The average Bonchev–Trinajstić information content (AvgIpc) is 2.88. The number of amides is 1. The Hall–Kier alpha value is -2.30. The maximum Gasteiger partial charge on any atom is 0.267 e. The van der Waals surface area contributed by atoms with E-state index in [4.69, 9.17) is 5.73 Å². The zero-order chi connectivity index (χ0) is 15.0. The zero-order valence-corrected chi connectivity index (χ0v) is 12.0. The second-order valence-corrected chi connectivity index (χ2v) is 5.60. The van der Waals surface area contributed by atoms with Gasteiger partial charge in [-0.05, 0) is 42.5 Å². The summed E-state index contributed by atoms with van der Waals surface area (Å²) in [6.07, 6.45) is 3.99. The van der Waals surface area contributed by atoms with Gasteiger partial charge in [0.25, 0.3) is 5.91 Å². The summed E-state index contributed by atoms with van der Waals surface area (Å²) in [4.78, 5) is 11.5. The third-order valence-corrected chi connectivity index (χ3v) is 4.20. The number of nitrogens with one attached hydrogen (secondary N) is 1. The molecule has 1 unspecified atom stereocenters. The maximum atomic E-state index is 11.5. The monoisotopic (exact) mass is 285 g/mol. The molecule has 3 rings (SSSR count). The van der Waals surface area contributed by atoms with Crippen LogP contribution < -0.4 is 5.73 Å². The average molecular weight is 285 g/mol. The number of hydrogen-bond donors (Lipinski definition) is 3. The van der Waals surface area contributed by atoms with Crippen LogP contribution in [0.5, 0.6) is 5.75 Å². The molecule has 0 saturated heterocycles. The summed E-state index contributed by atoms with van der Waals surface area (Å²) in [5.41, 5.74) is 9.61. The van der Waals surface area contributed by atoms with Gasteiger partial charge in [-0.15, -0.1) is 0 Å². The van der Waals surface area contributed by atoms with Gasteiger partial charge in [0.05, 0.1) is 5.69 Å². The van der Waals surface area contributed by atoms with Crippen LogP contribution in [0.4, 0.5) is 0 Å². The number of nitrogens with two attached hydrogens (primary N) is 1. The number of rotatable bonds is 4. The number of benzene rings is 1. The molecule has 1 heterocycles. The molecule has 1 aliphatic carbocycles. The van der Waals surface area contributed by atoms with Gasteiger partial charge in [-0.25, -0.2) is 0 Å². The van der Waals surface area contributed by atoms with E-state index in [9.17, 15) is 9.90 Å². The Kier molecular flexibility index (Phi) is 3.41. The standard InChI is InChI=1S/C16H19N3O2/c1-2-3-4-9-7-13-14(18-19-15(13)16(17)21)11-6-5-10(20)8-12(9)11/h5-6,8-9,20H,2-4,7H2,1H3,(H2,17,21)(H,18,19). The summed E-state index contributed by atoms with van der Waals surface area (Å²) >= 11 is 0. The number of aromatic hydroxyl groups is 1. The number of fused-ring (bicyclic) bond motifs is 3. The van der Waals surface area contributed by atoms with Crippen molar-refractivity contribution in [2.24, 2.45) is 5.73 Å². The largest absolute Gasteiger partial charge is 0.508 e. The van der Waals surface area contributed by atoms with E-state index in [1.807, 2.05) is 12.1 Å². The van der Waals surface area contributed by atoms with Gasteiger partial charge in [0.15, 0.2) is 0 Å². The third-order valence-electron chi connectivity index (χ3n) is 4.20. The van der Waals surface area contributed by atoms with Crippen molar-refractivity contribution >= 4 is 5.91 Å². The van der Waals surface area contributed by atoms with Crippen molar-refractivity contribution in [1.29, 1.82) is 0 Å². The summed E-state index contributed by atoms with van der Waals surface area (Å²) in [7, 11) is 0. The molecule has 1 aromatic carbocycles. The van der Waals surface area contributed by atoms with Crippen LogP contribution in [-0.4, -0.2) is 21.2 Å². The predicted molar refractivity (Wildman–Crippen MR) is 80.2 cm³/mol. The van der Waals surface area contributed by atoms with Gasteiger partial charge in [0.2, 0.25) is 0 Å². The first kappa shape index (κ1) is 13.7. The molecule has 1 amide bonds. The Bertz CT molecular complexity index is 691. The van der Waals surface area contributed by atoms with Crippen LogP contribution >= 0.6 is 0 Å². The smallest absolute Gasteiger partial charge is 0.267 e. The Labute approximate surface area is 123 Å². The number of phenols is 1. The molecule has 1 atom stereocenters. The predicted octanol–water partition coefficient (Wildman–Crippen LogP) is 2.71. The number of H-pyrrole nitrogens is 1. The number of carbonyl (C=O) groups excluding carboxylic acids is 1. The molecule has 0 saturated carbocycles. The first-order valence-corrected chi connectivity index (χ1v) is 7.32. The van der Waals surface area contributed by atoms with E-state index in [2.05, 4.69) is 17.1 Å². The lowest BCUT2D eigenvalue weighted by atomic mass is 9.78. The number of primary amides is 1. The second-order valence-electron chi connectivity index (χ2n) is 5.60. The summed E-state index contributed by atoms with van der Waals surface area (Å²) in [6.45, 7) is 2.16. The van der Waals surface area contributed by atoms with Gasteiger partial charge in [0.1, 0.15) is 11.4 Å². The normalized spacial score (nSPS) is 16.3. The fourth-order valence-corrected chi connectivity index (χ4v) is 3.16. The Morgan fingerprint density at radius 1 is 1.52 bits per heavy atom. The van der Waals surface area contributed by atoms with Gasteiger partial charge in [0, 0.05) is 11.1 Å². The van der Waals surface area contributed by atoms with E-state index in [-0.39, 0.29) is 11.7 Å². The fraction of sp³-hybridized carbons (Fsp3) is 0.375. The quantitative estimate of drug-likeness (QED) is 0.806. The molecule has 21 heavy (non-hydrogen) atoms. The van der Waals surface area contributed by atoms with Gasteiger partial charge >= 0.3 is 0 Å². The molecule has 4 N–H and O–H groups in total. The van der Waals surface area contributed by atoms with Crippen molar-refractivity contribution in [3.63, 3.8) is 0 Å². The van der Waals surface area contributed by atoms with Crippen LogP contribution in [-0.2, 0) is 6.42 Å². The van der Waals surface area contributed by atoms with E-state index in [0.29, 0.717) is 5.69 Å². The van der Waals surface area contributed by atoms with Gasteiger partial charge in [-0.1, -0.05) is 19.8 Å². The minimum absolute atomic E-state index is 0.268. The lowest BCUT2D eigenvalue weighted by Gasteiger charge is -2.25. The molecule has 1 aliphatic rings. The van der Waals surface area contributed by atoms with Crippen LogP contribution in [0, 0.1) is 0 Å². The van der Waals surface area contributed by atoms with E-state index in [0.717, 1.165) is 48.1 Å². The van der Waals surface area contributed by atoms with Crippen molar-refractivity contribution < 1.29 is 9.90 Å². The molecule has 0 radical (unpaired) electrons. The van der Waals surface area contributed by atoms with E-state index in [1.54, 1.807) is 6.07 Å². The van der Waals surface area contributed by atoms with Crippen LogP contribution in [0.15, 0.2) is 18.2 Å². The molecule has 0 aliphatic heterocycles. The first-order valence-electron chi connectivity index (χ1n) is 7.32. The summed E-state index contributed by atoms with van der Waals surface area (Å²) in [5, 5.41) is 16.8. The number of aromatic nitrogens is 2. The van der Waals surface area contributed by atoms with Crippen LogP contribution in [0.25, 0.3) is 11.3 Å². The molecule has 0 fully saturated rings. The summed E-state index contributed by atoms with van der Waals surface area (Å²) < 4.78 is 0. The van der Waals surface area contributed by atoms with Crippen molar-refractivity contribution in [3.05, 3.63) is 35.0 Å². The highest BCUT2D eigenvalue weighted by Crippen LogP contribution is 2.43. The van der Waals surface area contributed by atoms with Crippen LogP contribution in [0.2, 0.25) is 0 Å². The highest BCUT2D eigenvalue weighted by molar-refractivity contribution is 5.94. The van der Waals surface area contributed by atoms with E-state index in [1.165, 1.54) is 0 Å². The molecule has 5 heteroatoms. The fourth-order valence-electron chi connectivity index (χ4n) is 3.16. The molecule has 1 aromatic heterocycles. The van der Waals surface area contributed by atoms with Crippen LogP contribution in [0.1, 0.15) is 53.7 Å². The number of aromatic amines is 1. The highest BCUT2D eigenvalue weighted by atomic mass is 16.3. The van der Waals surface area contributed by atoms with Gasteiger partial charge in [-0.2, -0.15) is 5.10 Å². The minimum Gasteiger partial charge on any atom is -0.508 e. The summed E-state index contributed by atoms with van der Waals surface area (Å²) in [6, 6.07) is 5.34. The Morgan fingerprint density at radius 3 is 3.05 bits per heavy atom. The molecule has 0 spiro atoms. The molecule has 5 nitrogen and oxygen atoms in total. The second kappa shape index (κ2) is 5.24. The topological polar surface area (TPSA) is 92.0 Å². The van der Waals surface area contributed by atoms with Gasteiger partial charge in [-0.3, -0.25) is 9.89 Å². The maximum absolute atomic E-state index is 11.5. The highest BCUT2D eigenvalue weighted by Gasteiger charge is 2.30. The number of nitrogens with zero attached hydrogens (tertiary/aromatic N) is 1. The van der Waals surface area contributed by atoms with Crippen molar-refractivity contribution in [2.45, 2.75) is 38.5 Å². The van der Waals surface area contributed by atoms with E-state index >= 15 is 0 Å². The first-order chi connectivity index (χ1) is 10.1. The Balaban J connectivity index is 2.12. The van der Waals surface area contributed by atoms with Crippen molar-refractivity contribution in [2.75, 3.05) is 0 Å². The lowest BCUT2D eigenvalue weighted by molar-refractivity contribution is 0.0994. The summed E-state index contributed by atoms with van der Waals surface area (Å²) in [5.74, 6) is 0.0832. The molecule has 2 aromatic rings. The number of hydrogen-bond acceptors (Lipinski definition) is 3. The lowest BCUT2D eigenvalue weighted by Crippen LogP contribution is -2.17. The molecule has 0 bridgehead atoms. The Morgan fingerprint density at radius 2 is 2.33 bits per heavy atom. The molecular weight excluding hydrogens is 266 g/mol. The molecule has 110 valence electrons. The molecular formula is C16H19N3O2. The van der Waals surface area contributed by atoms with Crippen molar-refractivity contribution in [3.8, 4) is 17.0 Å². The van der Waals surface area contributed by atoms with Crippen molar-refractivity contribution in [1.82, 2.24) is 10.2 Å².